The molecule has 0 saturated heterocycles. The third kappa shape index (κ3) is 4.78. The van der Waals surface area contributed by atoms with Crippen LogP contribution in [0.15, 0.2) is 24.3 Å². The second kappa shape index (κ2) is 7.75. The van der Waals surface area contributed by atoms with E-state index in [0.717, 1.165) is 24.2 Å². The molecule has 18 heavy (non-hydrogen) atoms. The van der Waals surface area contributed by atoms with E-state index in [4.69, 9.17) is 9.47 Å². The summed E-state index contributed by atoms with van der Waals surface area (Å²) in [6, 6.07) is 7.80. The van der Waals surface area contributed by atoms with E-state index in [9.17, 15) is 4.79 Å². The maximum absolute atomic E-state index is 11.6. The lowest BCUT2D eigenvalue weighted by Crippen LogP contribution is -2.09. The van der Waals surface area contributed by atoms with Crippen LogP contribution in [-0.4, -0.2) is 19.7 Å². The SMILES string of the molecule is CCCCOC(=O)CC(C)c1ccc(OC)cc1. The average molecular weight is 250 g/mol. The molecule has 0 spiro atoms. The quantitative estimate of drug-likeness (QED) is 0.548. The maximum atomic E-state index is 11.6. The van der Waals surface area contributed by atoms with Crippen molar-refractivity contribution in [2.75, 3.05) is 13.7 Å². The van der Waals surface area contributed by atoms with Gasteiger partial charge in [-0.25, -0.2) is 0 Å². The van der Waals surface area contributed by atoms with Crippen LogP contribution >= 0.6 is 0 Å². The average Bonchev–Trinajstić information content (AvgIpc) is 2.39. The van der Waals surface area contributed by atoms with Gasteiger partial charge >= 0.3 is 5.97 Å². The molecule has 0 aliphatic carbocycles. The van der Waals surface area contributed by atoms with Gasteiger partial charge in [0.25, 0.3) is 0 Å². The van der Waals surface area contributed by atoms with Crippen molar-refractivity contribution in [3.8, 4) is 5.75 Å². The van der Waals surface area contributed by atoms with E-state index < -0.39 is 0 Å². The molecule has 0 heterocycles. The number of methoxy groups -OCH3 is 1. The molecule has 0 radical (unpaired) electrons. The number of ether oxygens (including phenoxy) is 2. The summed E-state index contributed by atoms with van der Waals surface area (Å²) in [6.45, 7) is 4.64. The van der Waals surface area contributed by atoms with Crippen LogP contribution in [0.25, 0.3) is 0 Å². The zero-order chi connectivity index (χ0) is 13.4. The molecule has 1 aromatic carbocycles. The fourth-order valence-corrected chi connectivity index (χ4v) is 1.69. The van der Waals surface area contributed by atoms with Gasteiger partial charge in [-0.3, -0.25) is 4.79 Å². The minimum atomic E-state index is -0.119. The monoisotopic (exact) mass is 250 g/mol. The molecule has 3 nitrogen and oxygen atoms in total. The van der Waals surface area contributed by atoms with Gasteiger partial charge in [-0.15, -0.1) is 0 Å². The number of rotatable bonds is 7. The summed E-state index contributed by atoms with van der Waals surface area (Å²) >= 11 is 0. The van der Waals surface area contributed by atoms with E-state index in [0.29, 0.717) is 13.0 Å². The molecule has 0 bridgehead atoms. The first-order valence-corrected chi connectivity index (χ1v) is 6.47. The molecule has 0 N–H and O–H groups in total. The molecule has 0 fully saturated rings. The smallest absolute Gasteiger partial charge is 0.306 e. The summed E-state index contributed by atoms with van der Waals surface area (Å²) in [5.74, 6) is 0.883. The number of benzene rings is 1. The minimum absolute atomic E-state index is 0.119. The van der Waals surface area contributed by atoms with E-state index in [1.165, 1.54) is 0 Å². The van der Waals surface area contributed by atoms with Gasteiger partial charge in [0.15, 0.2) is 0 Å². The third-order valence-corrected chi connectivity index (χ3v) is 2.92. The molecule has 1 rings (SSSR count). The summed E-state index contributed by atoms with van der Waals surface area (Å²) in [5.41, 5.74) is 1.13. The lowest BCUT2D eigenvalue weighted by Gasteiger charge is -2.12. The molecule has 0 aliphatic rings. The van der Waals surface area contributed by atoms with Crippen LogP contribution < -0.4 is 4.74 Å². The lowest BCUT2D eigenvalue weighted by molar-refractivity contribution is -0.144. The highest BCUT2D eigenvalue weighted by Crippen LogP contribution is 2.22. The van der Waals surface area contributed by atoms with Gasteiger partial charge in [0, 0.05) is 0 Å². The second-order valence-corrected chi connectivity index (χ2v) is 4.45. The Bertz CT molecular complexity index is 357. The standard InChI is InChI=1S/C15H22O3/c1-4-5-10-18-15(16)11-12(2)13-6-8-14(17-3)9-7-13/h6-9,12H,4-5,10-11H2,1-3H3. The third-order valence-electron chi connectivity index (χ3n) is 2.92. The van der Waals surface area contributed by atoms with Crippen LogP contribution in [0.2, 0.25) is 0 Å². The fraction of sp³-hybridized carbons (Fsp3) is 0.533. The van der Waals surface area contributed by atoms with Crippen molar-refractivity contribution in [2.24, 2.45) is 0 Å². The van der Waals surface area contributed by atoms with Crippen LogP contribution in [-0.2, 0) is 9.53 Å². The Hall–Kier alpha value is -1.51. The van der Waals surface area contributed by atoms with Gasteiger partial charge in [0.05, 0.1) is 20.1 Å². The summed E-state index contributed by atoms with van der Waals surface area (Å²) in [6.07, 6.45) is 2.40. The van der Waals surface area contributed by atoms with Crippen LogP contribution in [0.1, 0.15) is 44.6 Å². The number of hydrogen-bond acceptors (Lipinski definition) is 3. The summed E-state index contributed by atoms with van der Waals surface area (Å²) in [4.78, 5) is 11.6. The predicted octanol–water partition coefficient (Wildman–Crippen LogP) is 3.53. The van der Waals surface area contributed by atoms with E-state index in [2.05, 4.69) is 6.92 Å². The second-order valence-electron chi connectivity index (χ2n) is 4.45. The number of hydrogen-bond donors (Lipinski definition) is 0. The van der Waals surface area contributed by atoms with Crippen molar-refractivity contribution in [3.05, 3.63) is 29.8 Å². The lowest BCUT2D eigenvalue weighted by atomic mass is 9.98. The van der Waals surface area contributed by atoms with Gasteiger partial charge in [-0.2, -0.15) is 0 Å². The Morgan fingerprint density at radius 2 is 1.94 bits per heavy atom. The molecular weight excluding hydrogens is 228 g/mol. The van der Waals surface area contributed by atoms with Crippen LogP contribution in [0.3, 0.4) is 0 Å². The van der Waals surface area contributed by atoms with E-state index in [-0.39, 0.29) is 11.9 Å². The molecule has 3 heteroatoms. The Balaban J connectivity index is 2.43. The zero-order valence-corrected chi connectivity index (χ0v) is 11.4. The van der Waals surface area contributed by atoms with Crippen molar-refractivity contribution in [3.63, 3.8) is 0 Å². The van der Waals surface area contributed by atoms with Crippen molar-refractivity contribution in [1.82, 2.24) is 0 Å². The highest BCUT2D eigenvalue weighted by Gasteiger charge is 2.12. The van der Waals surface area contributed by atoms with Crippen LogP contribution in [0.5, 0.6) is 5.75 Å². The van der Waals surface area contributed by atoms with E-state index in [1.54, 1.807) is 7.11 Å². The first kappa shape index (κ1) is 14.6. The van der Waals surface area contributed by atoms with Crippen LogP contribution in [0.4, 0.5) is 0 Å². The number of esters is 1. The van der Waals surface area contributed by atoms with Gasteiger partial charge in [-0.1, -0.05) is 32.4 Å². The molecule has 0 amide bonds. The normalized spacial score (nSPS) is 11.9. The number of unbranched alkanes of at least 4 members (excludes halogenated alkanes) is 1. The van der Waals surface area contributed by atoms with Crippen molar-refractivity contribution < 1.29 is 14.3 Å². The van der Waals surface area contributed by atoms with Crippen molar-refractivity contribution in [1.29, 1.82) is 0 Å². The van der Waals surface area contributed by atoms with Crippen LogP contribution in [0, 0.1) is 0 Å². The molecule has 0 saturated carbocycles. The predicted molar refractivity (Wildman–Crippen MR) is 71.9 cm³/mol. The summed E-state index contributed by atoms with van der Waals surface area (Å²) in [7, 11) is 1.64. The first-order chi connectivity index (χ1) is 8.67. The van der Waals surface area contributed by atoms with Gasteiger partial charge in [0.1, 0.15) is 5.75 Å². The highest BCUT2D eigenvalue weighted by atomic mass is 16.5. The molecule has 100 valence electrons. The minimum Gasteiger partial charge on any atom is -0.497 e. The number of carbonyl (C=O) groups excluding carboxylic acids is 1. The molecule has 1 aromatic rings. The Kier molecular flexibility index (Phi) is 6.26. The maximum Gasteiger partial charge on any atom is 0.306 e. The summed E-state index contributed by atoms with van der Waals surface area (Å²) < 4.78 is 10.3. The van der Waals surface area contributed by atoms with Gasteiger partial charge in [-0.05, 0) is 30.0 Å². The molecule has 0 aliphatic heterocycles. The topological polar surface area (TPSA) is 35.5 Å². The molecular formula is C15H22O3. The zero-order valence-electron chi connectivity index (χ0n) is 11.4. The first-order valence-electron chi connectivity index (χ1n) is 6.47. The Labute approximate surface area is 109 Å². The van der Waals surface area contributed by atoms with Crippen molar-refractivity contribution >= 4 is 5.97 Å². The van der Waals surface area contributed by atoms with Gasteiger partial charge < -0.3 is 9.47 Å². The van der Waals surface area contributed by atoms with Crippen molar-refractivity contribution in [2.45, 2.75) is 39.0 Å². The fourth-order valence-electron chi connectivity index (χ4n) is 1.69. The largest absolute Gasteiger partial charge is 0.497 e. The molecule has 1 unspecified atom stereocenters. The van der Waals surface area contributed by atoms with Gasteiger partial charge in [0.2, 0.25) is 0 Å². The Morgan fingerprint density at radius 3 is 2.50 bits per heavy atom. The summed E-state index contributed by atoms with van der Waals surface area (Å²) in [5, 5.41) is 0. The van der Waals surface area contributed by atoms with E-state index in [1.807, 2.05) is 31.2 Å². The number of carbonyl (C=O) groups is 1. The molecule has 1 atom stereocenters. The molecule has 0 aromatic heterocycles. The Morgan fingerprint density at radius 1 is 1.28 bits per heavy atom. The highest BCUT2D eigenvalue weighted by molar-refractivity contribution is 5.70. The van der Waals surface area contributed by atoms with E-state index >= 15 is 0 Å².